The van der Waals surface area contributed by atoms with E-state index in [0.717, 1.165) is 37.0 Å². The first-order valence-electron chi connectivity index (χ1n) is 9.07. The fraction of sp³-hybridized carbons (Fsp3) is 0.389. The summed E-state index contributed by atoms with van der Waals surface area (Å²) in [6.07, 6.45) is 7.22. The lowest BCUT2D eigenvalue weighted by atomic mass is 10.2. The standard InChI is InChI=1S/C18H22N6O4S/c1-10(7-8-19)20-17-23-24-18(29-17)22-15(25)13-9-12(14(27-2)16(26)28-13)21-11-5-3-4-6-11/h7-9,11,21H,3-6,19H2,1-2H3,(H,22,24,25). The zero-order valence-electron chi connectivity index (χ0n) is 16.1. The van der Waals surface area contributed by atoms with Gasteiger partial charge in [0.2, 0.25) is 16.0 Å². The van der Waals surface area contributed by atoms with Crippen LogP contribution >= 0.6 is 11.3 Å². The SMILES string of the molecule is COc1c(NC2CCCC2)cc(C(=O)Nc2nnc(N=C(C)C=CN)s2)oc1=O. The molecule has 0 atom stereocenters. The summed E-state index contributed by atoms with van der Waals surface area (Å²) in [5.74, 6) is -0.729. The number of nitrogens with zero attached hydrogens (tertiary/aromatic N) is 3. The van der Waals surface area contributed by atoms with Crippen molar-refractivity contribution in [2.45, 2.75) is 38.6 Å². The smallest absolute Gasteiger partial charge is 0.381 e. The monoisotopic (exact) mass is 418 g/mol. The number of nitrogens with one attached hydrogen (secondary N) is 2. The molecule has 0 spiro atoms. The van der Waals surface area contributed by atoms with E-state index in [1.807, 2.05) is 0 Å². The highest BCUT2D eigenvalue weighted by Crippen LogP contribution is 2.28. The van der Waals surface area contributed by atoms with Crippen LogP contribution in [0.4, 0.5) is 16.0 Å². The fourth-order valence-electron chi connectivity index (χ4n) is 2.98. The third-order valence-electron chi connectivity index (χ3n) is 4.30. The van der Waals surface area contributed by atoms with Crippen LogP contribution in [0, 0.1) is 0 Å². The van der Waals surface area contributed by atoms with Crippen molar-refractivity contribution in [1.82, 2.24) is 10.2 Å². The van der Waals surface area contributed by atoms with E-state index < -0.39 is 11.5 Å². The number of hydrogen-bond acceptors (Lipinski definition) is 10. The Morgan fingerprint density at radius 3 is 2.86 bits per heavy atom. The van der Waals surface area contributed by atoms with E-state index in [4.69, 9.17) is 14.9 Å². The summed E-state index contributed by atoms with van der Waals surface area (Å²) in [6, 6.07) is 1.69. The molecule has 0 aromatic carbocycles. The third kappa shape index (κ3) is 5.19. The van der Waals surface area contributed by atoms with Gasteiger partial charge in [0.05, 0.1) is 12.8 Å². The Morgan fingerprint density at radius 2 is 2.17 bits per heavy atom. The quantitative estimate of drug-likeness (QED) is 0.582. The third-order valence-corrected chi connectivity index (χ3v) is 5.03. The van der Waals surface area contributed by atoms with Crippen LogP contribution in [0.3, 0.4) is 0 Å². The van der Waals surface area contributed by atoms with Crippen LogP contribution in [-0.4, -0.2) is 35.0 Å². The topological polar surface area (TPSA) is 145 Å². The fourth-order valence-corrected chi connectivity index (χ4v) is 3.65. The molecule has 0 bridgehead atoms. The van der Waals surface area contributed by atoms with Crippen molar-refractivity contribution in [2.75, 3.05) is 17.7 Å². The molecule has 154 valence electrons. The number of rotatable bonds is 7. The Morgan fingerprint density at radius 1 is 1.41 bits per heavy atom. The molecule has 2 aromatic heterocycles. The molecular formula is C18H22N6O4S. The number of nitrogens with two attached hydrogens (primary N) is 1. The molecule has 29 heavy (non-hydrogen) atoms. The van der Waals surface area contributed by atoms with Crippen molar-refractivity contribution in [3.8, 4) is 5.75 Å². The van der Waals surface area contributed by atoms with Crippen molar-refractivity contribution in [2.24, 2.45) is 10.7 Å². The van der Waals surface area contributed by atoms with Crippen molar-refractivity contribution in [3.05, 3.63) is 34.5 Å². The normalized spacial score (nSPS) is 15.0. The number of carbonyl (C=O) groups is 1. The second-order valence-electron chi connectivity index (χ2n) is 6.43. The van der Waals surface area contributed by atoms with Crippen LogP contribution in [0.5, 0.6) is 5.75 Å². The number of methoxy groups -OCH3 is 1. The predicted molar refractivity (Wildman–Crippen MR) is 111 cm³/mol. The highest BCUT2D eigenvalue weighted by atomic mass is 32.1. The van der Waals surface area contributed by atoms with Crippen LogP contribution in [0.15, 0.2) is 32.5 Å². The lowest BCUT2D eigenvalue weighted by Crippen LogP contribution is -2.20. The molecule has 10 nitrogen and oxygen atoms in total. The highest BCUT2D eigenvalue weighted by Gasteiger charge is 2.22. The molecule has 11 heteroatoms. The lowest BCUT2D eigenvalue weighted by molar-refractivity contribution is 0.0991. The molecule has 4 N–H and O–H groups in total. The molecular weight excluding hydrogens is 396 g/mol. The summed E-state index contributed by atoms with van der Waals surface area (Å²) < 4.78 is 10.3. The van der Waals surface area contributed by atoms with Gasteiger partial charge in [0.1, 0.15) is 0 Å². The van der Waals surface area contributed by atoms with Gasteiger partial charge in [0.25, 0.3) is 5.91 Å². The Balaban J connectivity index is 1.78. The van der Waals surface area contributed by atoms with Gasteiger partial charge in [-0.3, -0.25) is 10.1 Å². The molecule has 3 rings (SSSR count). The maximum absolute atomic E-state index is 12.6. The summed E-state index contributed by atoms with van der Waals surface area (Å²) in [7, 11) is 1.39. The average molecular weight is 418 g/mol. The molecule has 1 saturated carbocycles. The van der Waals surface area contributed by atoms with Crippen molar-refractivity contribution < 1.29 is 13.9 Å². The first-order chi connectivity index (χ1) is 14.0. The molecule has 1 amide bonds. The van der Waals surface area contributed by atoms with Gasteiger partial charge < -0.3 is 20.2 Å². The van der Waals surface area contributed by atoms with Crippen LogP contribution in [0.2, 0.25) is 0 Å². The number of aromatic nitrogens is 2. The van der Waals surface area contributed by atoms with Gasteiger partial charge in [0, 0.05) is 17.8 Å². The van der Waals surface area contributed by atoms with Gasteiger partial charge in [-0.2, -0.15) is 0 Å². The van der Waals surface area contributed by atoms with Crippen molar-refractivity contribution in [1.29, 1.82) is 0 Å². The zero-order valence-corrected chi connectivity index (χ0v) is 16.9. The Hall–Kier alpha value is -3.21. The largest absolute Gasteiger partial charge is 0.488 e. The number of hydrogen-bond donors (Lipinski definition) is 3. The minimum Gasteiger partial charge on any atom is -0.488 e. The van der Waals surface area contributed by atoms with E-state index in [2.05, 4.69) is 25.8 Å². The van der Waals surface area contributed by atoms with Gasteiger partial charge in [-0.15, -0.1) is 10.2 Å². The van der Waals surface area contributed by atoms with Gasteiger partial charge >= 0.3 is 5.63 Å². The Labute approximate surface area is 170 Å². The van der Waals surface area contributed by atoms with Crippen molar-refractivity contribution in [3.63, 3.8) is 0 Å². The molecule has 1 aliphatic carbocycles. The molecule has 1 aliphatic rings. The van der Waals surface area contributed by atoms with Crippen LogP contribution in [0.25, 0.3) is 0 Å². The summed E-state index contributed by atoms with van der Waals surface area (Å²) in [4.78, 5) is 29.0. The molecule has 0 unspecified atom stereocenters. The van der Waals surface area contributed by atoms with Crippen molar-refractivity contribution >= 4 is 38.9 Å². The van der Waals surface area contributed by atoms with E-state index in [9.17, 15) is 9.59 Å². The molecule has 2 aromatic rings. The van der Waals surface area contributed by atoms with Gasteiger partial charge in [-0.1, -0.05) is 24.2 Å². The predicted octanol–water partition coefficient (Wildman–Crippen LogP) is 2.67. The molecule has 2 heterocycles. The van der Waals surface area contributed by atoms with Crippen LogP contribution < -0.4 is 26.7 Å². The van der Waals surface area contributed by atoms with E-state index in [0.29, 0.717) is 16.5 Å². The molecule has 0 aliphatic heterocycles. The minimum atomic E-state index is -0.729. The Kier molecular flexibility index (Phi) is 6.60. The van der Waals surface area contributed by atoms with Crippen LogP contribution in [-0.2, 0) is 0 Å². The van der Waals surface area contributed by atoms with E-state index in [1.165, 1.54) is 19.4 Å². The summed E-state index contributed by atoms with van der Waals surface area (Å²) in [5.41, 5.74) is 5.67. The van der Waals surface area contributed by atoms with Gasteiger partial charge in [-0.05, 0) is 32.0 Å². The number of anilines is 2. The minimum absolute atomic E-state index is 0.0458. The number of carbonyl (C=O) groups excluding carboxylic acids is 1. The second kappa shape index (κ2) is 9.32. The number of allylic oxidation sites excluding steroid dienone is 1. The number of amides is 1. The maximum Gasteiger partial charge on any atom is 0.381 e. The molecule has 1 fully saturated rings. The highest BCUT2D eigenvalue weighted by molar-refractivity contribution is 7.18. The van der Waals surface area contributed by atoms with Gasteiger partial charge in [-0.25, -0.2) is 9.79 Å². The average Bonchev–Trinajstić information content (AvgIpc) is 3.34. The molecule has 0 saturated heterocycles. The van der Waals surface area contributed by atoms with E-state index >= 15 is 0 Å². The summed E-state index contributed by atoms with van der Waals surface area (Å²) in [6.45, 7) is 1.76. The zero-order chi connectivity index (χ0) is 20.8. The van der Waals surface area contributed by atoms with E-state index in [-0.39, 0.29) is 22.7 Å². The number of aliphatic imine (C=N–C) groups is 1. The number of ether oxygens (including phenoxy) is 1. The second-order valence-corrected chi connectivity index (χ2v) is 7.38. The Bertz CT molecular complexity index is 990. The summed E-state index contributed by atoms with van der Waals surface area (Å²) >= 11 is 1.08. The first kappa shape index (κ1) is 20.5. The van der Waals surface area contributed by atoms with E-state index in [1.54, 1.807) is 13.0 Å². The first-order valence-corrected chi connectivity index (χ1v) is 9.89. The van der Waals surface area contributed by atoms with Crippen LogP contribution in [0.1, 0.15) is 43.2 Å². The summed E-state index contributed by atoms with van der Waals surface area (Å²) in [5, 5.41) is 14.2. The lowest BCUT2D eigenvalue weighted by Gasteiger charge is -2.16. The molecule has 0 radical (unpaired) electrons. The maximum atomic E-state index is 12.6. The van der Waals surface area contributed by atoms with Gasteiger partial charge in [0.15, 0.2) is 5.76 Å².